The summed E-state index contributed by atoms with van der Waals surface area (Å²) in [6.07, 6.45) is 3.47. The minimum atomic E-state index is -0.207. The van der Waals surface area contributed by atoms with Crippen LogP contribution >= 0.6 is 0 Å². The lowest BCUT2D eigenvalue weighted by molar-refractivity contribution is -0.159. The number of hydrogen-bond acceptors (Lipinski definition) is 2. The van der Waals surface area contributed by atoms with E-state index in [0.29, 0.717) is 6.54 Å². The molecule has 0 aromatic heterocycles. The third-order valence-corrected chi connectivity index (χ3v) is 3.62. The van der Waals surface area contributed by atoms with E-state index in [1.807, 2.05) is 13.8 Å². The van der Waals surface area contributed by atoms with E-state index in [-0.39, 0.29) is 23.9 Å². The molecule has 0 aromatic rings. The second-order valence-corrected chi connectivity index (χ2v) is 4.65. The van der Waals surface area contributed by atoms with Gasteiger partial charge >= 0.3 is 0 Å². The molecule has 2 rings (SSSR count). The standard InChI is InChI=1S/C12H20N2O2/c1-3-7-13-9(4-2)11(15)14-8-5-6-10(14)12(13)16/h9-10H,3-8H2,1-2H3. The first-order valence-electron chi connectivity index (χ1n) is 6.31. The summed E-state index contributed by atoms with van der Waals surface area (Å²) in [6.45, 7) is 5.51. The van der Waals surface area contributed by atoms with Gasteiger partial charge in [-0.05, 0) is 25.7 Å². The van der Waals surface area contributed by atoms with Crippen LogP contribution in [0, 0.1) is 0 Å². The van der Waals surface area contributed by atoms with Crippen molar-refractivity contribution < 1.29 is 9.59 Å². The zero-order valence-electron chi connectivity index (χ0n) is 10.1. The first kappa shape index (κ1) is 11.4. The molecule has 2 heterocycles. The summed E-state index contributed by atoms with van der Waals surface area (Å²) < 4.78 is 0. The minimum Gasteiger partial charge on any atom is -0.329 e. The van der Waals surface area contributed by atoms with E-state index in [2.05, 4.69) is 0 Å². The van der Waals surface area contributed by atoms with Crippen LogP contribution in [0.2, 0.25) is 0 Å². The lowest BCUT2D eigenvalue weighted by Crippen LogP contribution is -2.62. The predicted molar refractivity (Wildman–Crippen MR) is 60.8 cm³/mol. The topological polar surface area (TPSA) is 40.6 Å². The molecule has 0 N–H and O–H groups in total. The summed E-state index contributed by atoms with van der Waals surface area (Å²) in [5.74, 6) is 0.337. The molecule has 2 amide bonds. The third-order valence-electron chi connectivity index (χ3n) is 3.62. The number of carbonyl (C=O) groups is 2. The molecule has 0 aliphatic carbocycles. The van der Waals surface area contributed by atoms with Crippen LogP contribution in [0.4, 0.5) is 0 Å². The quantitative estimate of drug-likeness (QED) is 0.718. The monoisotopic (exact) mass is 224 g/mol. The van der Waals surface area contributed by atoms with Crippen LogP contribution in [0.3, 0.4) is 0 Å². The Bertz CT molecular complexity index is 303. The van der Waals surface area contributed by atoms with Gasteiger partial charge in [-0.1, -0.05) is 13.8 Å². The van der Waals surface area contributed by atoms with Gasteiger partial charge < -0.3 is 9.80 Å². The molecule has 0 spiro atoms. The highest BCUT2D eigenvalue weighted by atomic mass is 16.2. The number of hydrogen-bond donors (Lipinski definition) is 0. The van der Waals surface area contributed by atoms with Gasteiger partial charge in [-0.3, -0.25) is 9.59 Å². The van der Waals surface area contributed by atoms with Crippen molar-refractivity contribution in [2.24, 2.45) is 0 Å². The fourth-order valence-electron chi connectivity index (χ4n) is 2.86. The number of rotatable bonds is 3. The van der Waals surface area contributed by atoms with E-state index in [1.54, 1.807) is 9.80 Å². The maximum atomic E-state index is 12.2. The predicted octanol–water partition coefficient (Wildman–Crippen LogP) is 1.01. The van der Waals surface area contributed by atoms with Crippen LogP contribution in [-0.2, 0) is 9.59 Å². The smallest absolute Gasteiger partial charge is 0.246 e. The lowest BCUT2D eigenvalue weighted by Gasteiger charge is -2.42. The summed E-state index contributed by atoms with van der Waals surface area (Å²) in [6, 6.07) is -0.358. The zero-order chi connectivity index (χ0) is 11.7. The molecule has 4 nitrogen and oxygen atoms in total. The number of amides is 2. The number of piperazine rings is 1. The van der Waals surface area contributed by atoms with Gasteiger partial charge in [-0.15, -0.1) is 0 Å². The van der Waals surface area contributed by atoms with E-state index in [4.69, 9.17) is 0 Å². The Morgan fingerprint density at radius 1 is 1.25 bits per heavy atom. The summed E-state index contributed by atoms with van der Waals surface area (Å²) >= 11 is 0. The Kier molecular flexibility index (Phi) is 3.17. The molecule has 90 valence electrons. The van der Waals surface area contributed by atoms with E-state index < -0.39 is 0 Å². The summed E-state index contributed by atoms with van der Waals surface area (Å²) in [4.78, 5) is 28.0. The maximum absolute atomic E-state index is 12.2. The minimum absolute atomic E-state index is 0.151. The molecule has 0 aromatic carbocycles. The third kappa shape index (κ3) is 1.60. The van der Waals surface area contributed by atoms with Crippen LogP contribution in [0.25, 0.3) is 0 Å². The zero-order valence-corrected chi connectivity index (χ0v) is 10.1. The Balaban J connectivity index is 2.24. The van der Waals surface area contributed by atoms with Gasteiger partial charge in [0, 0.05) is 13.1 Å². The average molecular weight is 224 g/mol. The molecule has 2 unspecified atom stereocenters. The molecular weight excluding hydrogens is 204 g/mol. The van der Waals surface area contributed by atoms with Crippen molar-refractivity contribution >= 4 is 11.8 Å². The number of fused-ring (bicyclic) bond motifs is 1. The van der Waals surface area contributed by atoms with Crippen molar-refractivity contribution in [2.45, 2.75) is 51.6 Å². The van der Waals surface area contributed by atoms with Crippen LogP contribution in [-0.4, -0.2) is 46.8 Å². The highest BCUT2D eigenvalue weighted by Crippen LogP contribution is 2.27. The first-order valence-corrected chi connectivity index (χ1v) is 6.31. The summed E-state index contributed by atoms with van der Waals surface area (Å²) in [5, 5.41) is 0. The van der Waals surface area contributed by atoms with Crippen molar-refractivity contribution in [3.8, 4) is 0 Å². The van der Waals surface area contributed by atoms with Crippen molar-refractivity contribution in [3.05, 3.63) is 0 Å². The highest BCUT2D eigenvalue weighted by Gasteiger charge is 2.46. The SMILES string of the molecule is CCCN1C(=O)C2CCCN2C(=O)C1CC. The van der Waals surface area contributed by atoms with Crippen molar-refractivity contribution in [3.63, 3.8) is 0 Å². The molecule has 2 fully saturated rings. The average Bonchev–Trinajstić information content (AvgIpc) is 2.75. The Labute approximate surface area is 96.6 Å². The molecule has 0 saturated carbocycles. The van der Waals surface area contributed by atoms with Crippen molar-refractivity contribution in [1.29, 1.82) is 0 Å². The normalized spacial score (nSPS) is 29.9. The molecule has 16 heavy (non-hydrogen) atoms. The molecule has 2 atom stereocenters. The lowest BCUT2D eigenvalue weighted by atomic mass is 10.0. The first-order chi connectivity index (χ1) is 7.70. The number of carbonyl (C=O) groups excluding carboxylic acids is 2. The number of nitrogens with zero attached hydrogens (tertiary/aromatic N) is 2. The molecule has 0 bridgehead atoms. The van der Waals surface area contributed by atoms with Crippen LogP contribution < -0.4 is 0 Å². The maximum Gasteiger partial charge on any atom is 0.246 e. The van der Waals surface area contributed by atoms with Gasteiger partial charge in [0.15, 0.2) is 0 Å². The van der Waals surface area contributed by atoms with E-state index >= 15 is 0 Å². The molecule has 0 radical (unpaired) electrons. The fraction of sp³-hybridized carbons (Fsp3) is 0.833. The molecular formula is C12H20N2O2. The van der Waals surface area contributed by atoms with E-state index in [9.17, 15) is 9.59 Å². The molecule has 2 aliphatic rings. The molecule has 2 aliphatic heterocycles. The van der Waals surface area contributed by atoms with Gasteiger partial charge in [0.25, 0.3) is 0 Å². The fourth-order valence-corrected chi connectivity index (χ4v) is 2.86. The van der Waals surface area contributed by atoms with Crippen molar-refractivity contribution in [2.75, 3.05) is 13.1 Å². The second kappa shape index (κ2) is 4.44. The highest BCUT2D eigenvalue weighted by molar-refractivity contribution is 5.97. The second-order valence-electron chi connectivity index (χ2n) is 4.65. The Morgan fingerprint density at radius 2 is 2.00 bits per heavy atom. The van der Waals surface area contributed by atoms with Gasteiger partial charge in [0.1, 0.15) is 12.1 Å². The Morgan fingerprint density at radius 3 is 2.62 bits per heavy atom. The Hall–Kier alpha value is -1.06. The van der Waals surface area contributed by atoms with Crippen LogP contribution in [0.1, 0.15) is 39.5 Å². The van der Waals surface area contributed by atoms with Gasteiger partial charge in [-0.2, -0.15) is 0 Å². The van der Waals surface area contributed by atoms with E-state index in [0.717, 1.165) is 32.2 Å². The van der Waals surface area contributed by atoms with Gasteiger partial charge in [0.2, 0.25) is 11.8 Å². The van der Waals surface area contributed by atoms with Crippen LogP contribution in [0.15, 0.2) is 0 Å². The van der Waals surface area contributed by atoms with Crippen molar-refractivity contribution in [1.82, 2.24) is 9.80 Å². The summed E-state index contributed by atoms with van der Waals surface area (Å²) in [7, 11) is 0. The molecule has 4 heteroatoms. The largest absolute Gasteiger partial charge is 0.329 e. The van der Waals surface area contributed by atoms with E-state index in [1.165, 1.54) is 0 Å². The summed E-state index contributed by atoms with van der Waals surface area (Å²) in [5.41, 5.74) is 0. The van der Waals surface area contributed by atoms with Gasteiger partial charge in [0.05, 0.1) is 0 Å². The molecule has 2 saturated heterocycles. The van der Waals surface area contributed by atoms with Crippen LogP contribution in [0.5, 0.6) is 0 Å². The van der Waals surface area contributed by atoms with Gasteiger partial charge in [-0.25, -0.2) is 0 Å².